The molecular weight excluding hydrogens is 440 g/mol. The van der Waals surface area contributed by atoms with Crippen molar-refractivity contribution in [2.45, 2.75) is 130 Å². The van der Waals surface area contributed by atoms with Gasteiger partial charge in [-0.25, -0.2) is 0 Å². The zero-order valence-corrected chi connectivity index (χ0v) is 23.3. The van der Waals surface area contributed by atoms with Gasteiger partial charge in [0.2, 0.25) is 0 Å². The van der Waals surface area contributed by atoms with Crippen molar-refractivity contribution in [2.75, 3.05) is 0 Å². The van der Waals surface area contributed by atoms with Gasteiger partial charge in [0.05, 0.1) is 6.10 Å². The normalized spacial score (nSPS) is 49.1. The van der Waals surface area contributed by atoms with Gasteiger partial charge in [-0.3, -0.25) is 4.79 Å². The fraction of sp³-hybridized carbons (Fsp3) is 0.967. The molecule has 5 nitrogen and oxygen atoms in total. The summed E-state index contributed by atoms with van der Waals surface area (Å²) >= 11 is 0. The van der Waals surface area contributed by atoms with Gasteiger partial charge in [-0.2, -0.15) is 0 Å². The molecule has 5 heteroatoms. The predicted molar refractivity (Wildman–Crippen MR) is 137 cm³/mol. The van der Waals surface area contributed by atoms with E-state index in [2.05, 4.69) is 41.5 Å². The van der Waals surface area contributed by atoms with Gasteiger partial charge in [-0.15, -0.1) is 0 Å². The highest BCUT2D eigenvalue weighted by Gasteiger charge is 2.71. The van der Waals surface area contributed by atoms with Gasteiger partial charge in [0.1, 0.15) is 17.8 Å². The number of rotatable bonds is 6. The van der Waals surface area contributed by atoms with Crippen LogP contribution in [-0.2, 0) is 9.53 Å². The third-order valence-corrected chi connectivity index (χ3v) is 12.1. The number of hydrogen-bond donors (Lipinski definition) is 3. The molecule has 4 aliphatic rings. The number of hydrogen-bond acceptors (Lipinski definition) is 5. The third-order valence-electron chi connectivity index (χ3n) is 12.1. The fourth-order valence-electron chi connectivity index (χ4n) is 9.59. The van der Waals surface area contributed by atoms with E-state index in [0.717, 1.165) is 25.2 Å². The summed E-state index contributed by atoms with van der Waals surface area (Å²) in [7, 11) is 0. The van der Waals surface area contributed by atoms with E-state index in [4.69, 9.17) is 4.74 Å². The summed E-state index contributed by atoms with van der Waals surface area (Å²) in [5, 5.41) is 34.0. The van der Waals surface area contributed by atoms with Crippen molar-refractivity contribution in [3.63, 3.8) is 0 Å². The molecule has 0 saturated heterocycles. The van der Waals surface area contributed by atoms with Gasteiger partial charge in [-0.05, 0) is 79.4 Å². The number of carbonyl (C=O) groups excluding carboxylic acids is 1. The van der Waals surface area contributed by atoms with E-state index < -0.39 is 35.3 Å². The van der Waals surface area contributed by atoms with E-state index in [1.165, 1.54) is 26.2 Å². The lowest BCUT2D eigenvalue weighted by Crippen LogP contribution is -2.73. The largest absolute Gasteiger partial charge is 0.459 e. The Kier molecular flexibility index (Phi) is 7.50. The molecule has 0 aliphatic heterocycles. The summed E-state index contributed by atoms with van der Waals surface area (Å²) in [5.41, 5.74) is -1.75. The zero-order valence-electron chi connectivity index (χ0n) is 23.3. The first-order chi connectivity index (χ1) is 16.3. The first-order valence-corrected chi connectivity index (χ1v) is 14.5. The summed E-state index contributed by atoms with van der Waals surface area (Å²) in [6.45, 7) is 15.5. The molecule has 4 fully saturated rings. The lowest BCUT2D eigenvalue weighted by molar-refractivity contribution is -0.300. The maximum absolute atomic E-state index is 12.2. The van der Waals surface area contributed by atoms with Crippen molar-refractivity contribution in [3.05, 3.63) is 0 Å². The monoisotopic (exact) mass is 492 g/mol. The molecule has 0 bridgehead atoms. The molecule has 202 valence electrons. The van der Waals surface area contributed by atoms with E-state index in [1.807, 2.05) is 0 Å². The van der Waals surface area contributed by atoms with Crippen LogP contribution in [0.1, 0.15) is 106 Å². The van der Waals surface area contributed by atoms with Crippen molar-refractivity contribution >= 4 is 5.97 Å². The first kappa shape index (κ1) is 27.4. The Balaban J connectivity index is 1.64. The molecule has 0 aromatic heterocycles. The van der Waals surface area contributed by atoms with Gasteiger partial charge in [0.25, 0.3) is 0 Å². The maximum atomic E-state index is 12.2. The van der Waals surface area contributed by atoms with E-state index in [-0.39, 0.29) is 23.7 Å². The van der Waals surface area contributed by atoms with Crippen LogP contribution in [-0.4, -0.2) is 45.2 Å². The van der Waals surface area contributed by atoms with Crippen molar-refractivity contribution < 1.29 is 24.9 Å². The molecule has 0 aromatic rings. The average Bonchev–Trinajstić information content (AvgIpc) is 3.13. The number of aliphatic hydroxyl groups is 3. The molecule has 4 aliphatic carbocycles. The van der Waals surface area contributed by atoms with Crippen molar-refractivity contribution in [3.8, 4) is 0 Å². The molecule has 0 spiro atoms. The first-order valence-electron chi connectivity index (χ1n) is 14.5. The predicted octanol–water partition coefficient (Wildman–Crippen LogP) is 5.34. The van der Waals surface area contributed by atoms with E-state index in [0.29, 0.717) is 36.5 Å². The van der Waals surface area contributed by atoms with Crippen LogP contribution in [0.3, 0.4) is 0 Å². The summed E-state index contributed by atoms with van der Waals surface area (Å²) in [4.78, 5) is 12.2. The lowest BCUT2D eigenvalue weighted by Gasteiger charge is -2.66. The Labute approximate surface area is 213 Å². The molecule has 0 unspecified atom stereocenters. The van der Waals surface area contributed by atoms with E-state index >= 15 is 0 Å². The quantitative estimate of drug-likeness (QED) is 0.436. The number of fused-ring (bicyclic) bond motifs is 5. The van der Waals surface area contributed by atoms with Crippen LogP contribution in [0.4, 0.5) is 0 Å². The molecule has 3 N–H and O–H groups in total. The highest BCUT2D eigenvalue weighted by molar-refractivity contribution is 5.66. The van der Waals surface area contributed by atoms with Crippen molar-refractivity contribution in [2.24, 2.45) is 52.3 Å². The average molecular weight is 493 g/mol. The van der Waals surface area contributed by atoms with Gasteiger partial charge in [0, 0.05) is 24.7 Å². The Morgan fingerprint density at radius 3 is 2.29 bits per heavy atom. The Hall–Kier alpha value is -0.650. The van der Waals surface area contributed by atoms with Gasteiger partial charge in [0.15, 0.2) is 0 Å². The number of ether oxygens (including phenoxy) is 1. The SMILES string of the molecule is CC(=O)O[C@@H]1[C@H]2[C@@H]3CC[C@H]([C@H](C)CC[C@@H](C)C(C)C)[C@@]3(C)CC[C@@H]2[C@@]2(C)CC[C@H](O)C[C@]2(O)[C@@H]1O. The smallest absolute Gasteiger partial charge is 0.303 e. The molecule has 0 aromatic carbocycles. The summed E-state index contributed by atoms with van der Waals surface area (Å²) in [6, 6.07) is 0. The minimum Gasteiger partial charge on any atom is -0.459 e. The summed E-state index contributed by atoms with van der Waals surface area (Å²) in [5.74, 6) is 2.97. The van der Waals surface area contributed by atoms with Crippen LogP contribution in [0.5, 0.6) is 0 Å². The van der Waals surface area contributed by atoms with Crippen molar-refractivity contribution in [1.29, 1.82) is 0 Å². The van der Waals surface area contributed by atoms with Crippen LogP contribution < -0.4 is 0 Å². The maximum Gasteiger partial charge on any atom is 0.303 e. The molecule has 4 saturated carbocycles. The van der Waals surface area contributed by atoms with Crippen LogP contribution in [0.2, 0.25) is 0 Å². The van der Waals surface area contributed by atoms with E-state index in [1.54, 1.807) is 0 Å². The molecule has 0 amide bonds. The number of carbonyl (C=O) groups is 1. The van der Waals surface area contributed by atoms with Crippen molar-refractivity contribution in [1.82, 2.24) is 0 Å². The highest BCUT2D eigenvalue weighted by Crippen LogP contribution is 2.69. The second-order valence-electron chi connectivity index (χ2n) is 14.1. The van der Waals surface area contributed by atoms with Crippen LogP contribution in [0.15, 0.2) is 0 Å². The van der Waals surface area contributed by atoms with Crippen LogP contribution >= 0.6 is 0 Å². The summed E-state index contributed by atoms with van der Waals surface area (Å²) in [6.07, 6.45) is 5.95. The Bertz CT molecular complexity index is 783. The lowest BCUT2D eigenvalue weighted by atomic mass is 9.41. The second-order valence-corrected chi connectivity index (χ2v) is 14.1. The Morgan fingerprint density at radius 2 is 1.66 bits per heavy atom. The van der Waals surface area contributed by atoms with Crippen LogP contribution in [0.25, 0.3) is 0 Å². The molecule has 4 rings (SSSR count). The standard InChI is InChI=1S/C30H52O5/c1-17(2)18(3)8-9-19(4)22-10-11-23-25-24(13-14-28(22,23)6)29(7)15-12-21(32)16-30(29,34)27(33)26(25)35-20(5)31/h17-19,21-27,32-34H,8-16H2,1-7H3/t18-,19-,21+,22-,23+,24+,25+,26-,27-,28-,29-,30+/m1/s1. The minimum atomic E-state index is -1.43. The number of aliphatic hydroxyl groups excluding tert-OH is 2. The molecule has 0 radical (unpaired) electrons. The Morgan fingerprint density at radius 1 is 0.971 bits per heavy atom. The number of esters is 1. The molecular formula is C30H52O5. The van der Waals surface area contributed by atoms with Crippen LogP contribution in [0, 0.1) is 52.3 Å². The highest BCUT2D eigenvalue weighted by atomic mass is 16.6. The minimum absolute atomic E-state index is 0.0555. The van der Waals surface area contributed by atoms with Gasteiger partial charge < -0.3 is 20.1 Å². The van der Waals surface area contributed by atoms with E-state index in [9.17, 15) is 20.1 Å². The second kappa shape index (κ2) is 9.58. The molecule has 12 atom stereocenters. The molecule has 0 heterocycles. The third kappa shape index (κ3) is 4.30. The zero-order chi connectivity index (χ0) is 25.9. The topological polar surface area (TPSA) is 87.0 Å². The van der Waals surface area contributed by atoms with Gasteiger partial charge >= 0.3 is 5.97 Å². The van der Waals surface area contributed by atoms with Gasteiger partial charge in [-0.1, -0.05) is 54.4 Å². The fourth-order valence-corrected chi connectivity index (χ4v) is 9.59. The summed E-state index contributed by atoms with van der Waals surface area (Å²) < 4.78 is 5.89. The molecule has 35 heavy (non-hydrogen) atoms.